The highest BCUT2D eigenvalue weighted by Gasteiger charge is 2.30. The van der Waals surface area contributed by atoms with Crippen molar-refractivity contribution >= 4 is 11.6 Å². The van der Waals surface area contributed by atoms with Gasteiger partial charge in [0.05, 0.1) is 7.11 Å². The highest BCUT2D eigenvalue weighted by molar-refractivity contribution is 5.95. The molecule has 0 aliphatic carbocycles. The SMILES string of the molecule is COc1cccc(C2CC(C(=O)Nc3cc(C)cc(C)c3)NN2)c1. The Labute approximate surface area is 142 Å². The minimum Gasteiger partial charge on any atom is -0.497 e. The van der Waals surface area contributed by atoms with E-state index in [1.165, 1.54) is 0 Å². The molecule has 1 amide bonds. The Kier molecular flexibility index (Phi) is 4.83. The summed E-state index contributed by atoms with van der Waals surface area (Å²) in [5.74, 6) is 0.787. The van der Waals surface area contributed by atoms with Gasteiger partial charge in [0.1, 0.15) is 11.8 Å². The molecule has 24 heavy (non-hydrogen) atoms. The van der Waals surface area contributed by atoms with E-state index in [2.05, 4.69) is 22.2 Å². The van der Waals surface area contributed by atoms with Gasteiger partial charge in [-0.25, -0.2) is 10.9 Å². The van der Waals surface area contributed by atoms with Crippen molar-refractivity contribution in [2.45, 2.75) is 32.4 Å². The van der Waals surface area contributed by atoms with Crippen LogP contribution in [-0.4, -0.2) is 19.1 Å². The Morgan fingerprint density at radius 1 is 1.12 bits per heavy atom. The van der Waals surface area contributed by atoms with Crippen molar-refractivity contribution in [1.82, 2.24) is 10.9 Å². The molecule has 2 aromatic carbocycles. The lowest BCUT2D eigenvalue weighted by molar-refractivity contribution is -0.117. The fraction of sp³-hybridized carbons (Fsp3) is 0.316. The second kappa shape index (κ2) is 7.03. The molecule has 2 aromatic rings. The van der Waals surface area contributed by atoms with Crippen molar-refractivity contribution in [2.24, 2.45) is 0 Å². The summed E-state index contributed by atoms with van der Waals surface area (Å²) in [7, 11) is 1.65. The Balaban J connectivity index is 1.65. The van der Waals surface area contributed by atoms with Crippen LogP contribution >= 0.6 is 0 Å². The van der Waals surface area contributed by atoms with Crippen molar-refractivity contribution in [3.05, 3.63) is 59.2 Å². The van der Waals surface area contributed by atoms with Gasteiger partial charge in [-0.15, -0.1) is 0 Å². The number of carbonyl (C=O) groups excluding carboxylic acids is 1. The number of hydrazine groups is 1. The molecule has 0 spiro atoms. The highest BCUT2D eigenvalue weighted by atomic mass is 16.5. The van der Waals surface area contributed by atoms with Crippen LogP contribution in [0.4, 0.5) is 5.69 Å². The average molecular weight is 325 g/mol. The minimum atomic E-state index is -0.276. The number of hydrogen-bond acceptors (Lipinski definition) is 4. The molecule has 0 saturated carbocycles. The van der Waals surface area contributed by atoms with Gasteiger partial charge in [-0.2, -0.15) is 0 Å². The van der Waals surface area contributed by atoms with Crippen LogP contribution in [0.25, 0.3) is 0 Å². The van der Waals surface area contributed by atoms with Gasteiger partial charge in [0.15, 0.2) is 0 Å². The lowest BCUT2D eigenvalue weighted by Gasteiger charge is -2.12. The summed E-state index contributed by atoms with van der Waals surface area (Å²) in [5, 5.41) is 2.99. The first-order valence-corrected chi connectivity index (χ1v) is 8.09. The third-order valence-electron chi connectivity index (χ3n) is 4.21. The highest BCUT2D eigenvalue weighted by Crippen LogP contribution is 2.26. The summed E-state index contributed by atoms with van der Waals surface area (Å²) in [5.41, 5.74) is 10.5. The molecule has 3 N–H and O–H groups in total. The first-order valence-electron chi connectivity index (χ1n) is 8.09. The van der Waals surface area contributed by atoms with Crippen LogP contribution in [0.1, 0.15) is 29.2 Å². The quantitative estimate of drug-likeness (QED) is 0.809. The molecule has 5 nitrogen and oxygen atoms in total. The number of ether oxygens (including phenoxy) is 1. The molecule has 1 heterocycles. The van der Waals surface area contributed by atoms with Crippen molar-refractivity contribution in [2.75, 3.05) is 12.4 Å². The third-order valence-corrected chi connectivity index (χ3v) is 4.21. The standard InChI is InChI=1S/C19H23N3O2/c1-12-7-13(2)9-15(8-12)20-19(23)18-11-17(21-22-18)14-5-4-6-16(10-14)24-3/h4-10,17-18,21-22H,11H2,1-3H3,(H,20,23). The van der Waals surface area contributed by atoms with E-state index >= 15 is 0 Å². The maximum absolute atomic E-state index is 12.5. The summed E-state index contributed by atoms with van der Waals surface area (Å²) in [6.07, 6.45) is 0.684. The number of benzene rings is 2. The topological polar surface area (TPSA) is 62.4 Å². The van der Waals surface area contributed by atoms with Gasteiger partial charge < -0.3 is 10.1 Å². The zero-order valence-electron chi connectivity index (χ0n) is 14.2. The van der Waals surface area contributed by atoms with Crippen LogP contribution in [0, 0.1) is 13.8 Å². The number of rotatable bonds is 4. The predicted molar refractivity (Wildman–Crippen MR) is 95.0 cm³/mol. The number of hydrogen-bond donors (Lipinski definition) is 3. The maximum atomic E-state index is 12.5. The van der Waals surface area contributed by atoms with Crippen LogP contribution in [0.15, 0.2) is 42.5 Å². The van der Waals surface area contributed by atoms with Gasteiger partial charge in [-0.05, 0) is 61.2 Å². The lowest BCUT2D eigenvalue weighted by Crippen LogP contribution is -2.39. The summed E-state index contributed by atoms with van der Waals surface area (Å²) in [6.45, 7) is 4.05. The summed E-state index contributed by atoms with van der Waals surface area (Å²) >= 11 is 0. The summed E-state index contributed by atoms with van der Waals surface area (Å²) in [4.78, 5) is 12.5. The molecule has 0 aromatic heterocycles. The van der Waals surface area contributed by atoms with Crippen molar-refractivity contribution < 1.29 is 9.53 Å². The molecule has 1 saturated heterocycles. The molecule has 2 unspecified atom stereocenters. The zero-order chi connectivity index (χ0) is 17.1. The van der Waals surface area contributed by atoms with E-state index in [4.69, 9.17) is 4.74 Å². The van der Waals surface area contributed by atoms with E-state index < -0.39 is 0 Å². The number of amides is 1. The average Bonchev–Trinajstić information content (AvgIpc) is 3.04. The smallest absolute Gasteiger partial charge is 0.242 e. The van der Waals surface area contributed by atoms with E-state index in [0.29, 0.717) is 6.42 Å². The number of methoxy groups -OCH3 is 1. The fourth-order valence-corrected chi connectivity index (χ4v) is 3.08. The summed E-state index contributed by atoms with van der Waals surface area (Å²) < 4.78 is 5.26. The van der Waals surface area contributed by atoms with Gasteiger partial charge in [0.25, 0.3) is 0 Å². The molecule has 5 heteroatoms. The molecule has 1 fully saturated rings. The van der Waals surface area contributed by atoms with Crippen LogP contribution in [0.3, 0.4) is 0 Å². The number of aryl methyl sites for hydroxylation is 2. The fourth-order valence-electron chi connectivity index (χ4n) is 3.08. The third kappa shape index (κ3) is 3.75. The van der Waals surface area contributed by atoms with Crippen molar-refractivity contribution in [1.29, 1.82) is 0 Å². The van der Waals surface area contributed by atoms with E-state index in [1.807, 2.05) is 50.2 Å². The van der Waals surface area contributed by atoms with E-state index in [9.17, 15) is 4.79 Å². The van der Waals surface area contributed by atoms with Crippen molar-refractivity contribution in [3.63, 3.8) is 0 Å². The Hall–Kier alpha value is -2.37. The molecular weight excluding hydrogens is 302 g/mol. The predicted octanol–water partition coefficient (Wildman–Crippen LogP) is 2.86. The molecule has 3 rings (SSSR count). The normalized spacial score (nSPS) is 20.0. The second-order valence-electron chi connectivity index (χ2n) is 6.27. The minimum absolute atomic E-state index is 0.0297. The molecule has 0 bridgehead atoms. The largest absolute Gasteiger partial charge is 0.497 e. The van der Waals surface area contributed by atoms with Crippen LogP contribution in [0.2, 0.25) is 0 Å². The van der Waals surface area contributed by atoms with Crippen LogP contribution in [-0.2, 0) is 4.79 Å². The lowest BCUT2D eigenvalue weighted by atomic mass is 10.0. The number of nitrogens with one attached hydrogen (secondary N) is 3. The monoisotopic (exact) mass is 325 g/mol. The van der Waals surface area contributed by atoms with Gasteiger partial charge >= 0.3 is 0 Å². The maximum Gasteiger partial charge on any atom is 0.242 e. The Morgan fingerprint density at radius 2 is 1.88 bits per heavy atom. The number of carbonyl (C=O) groups is 1. The van der Waals surface area contributed by atoms with Crippen LogP contribution in [0.5, 0.6) is 5.75 Å². The first-order chi connectivity index (χ1) is 11.5. The summed E-state index contributed by atoms with van der Waals surface area (Å²) in [6, 6.07) is 13.7. The molecular formula is C19H23N3O2. The van der Waals surface area contributed by atoms with Gasteiger partial charge in [0.2, 0.25) is 5.91 Å². The molecule has 0 radical (unpaired) electrons. The van der Waals surface area contributed by atoms with Gasteiger partial charge in [0, 0.05) is 11.7 Å². The first kappa shape index (κ1) is 16.5. The van der Waals surface area contributed by atoms with Gasteiger partial charge in [-0.1, -0.05) is 18.2 Å². The zero-order valence-corrected chi connectivity index (χ0v) is 14.2. The van der Waals surface area contributed by atoms with E-state index in [-0.39, 0.29) is 18.0 Å². The molecule has 2 atom stereocenters. The van der Waals surface area contributed by atoms with Gasteiger partial charge in [-0.3, -0.25) is 4.79 Å². The molecule has 1 aliphatic heterocycles. The second-order valence-corrected chi connectivity index (χ2v) is 6.27. The van der Waals surface area contributed by atoms with Crippen molar-refractivity contribution in [3.8, 4) is 5.75 Å². The molecule has 126 valence electrons. The van der Waals surface area contributed by atoms with E-state index in [1.54, 1.807) is 7.11 Å². The Morgan fingerprint density at radius 3 is 2.58 bits per heavy atom. The van der Waals surface area contributed by atoms with Crippen LogP contribution < -0.4 is 20.9 Å². The van der Waals surface area contributed by atoms with E-state index in [0.717, 1.165) is 28.1 Å². The molecule has 1 aliphatic rings. The number of anilines is 1. The Bertz CT molecular complexity index is 725.